The Morgan fingerprint density at radius 2 is 1.93 bits per heavy atom. The van der Waals surface area contributed by atoms with Crippen molar-refractivity contribution >= 4 is 21.7 Å². The number of hydrogen-bond donors (Lipinski definition) is 0. The highest BCUT2D eigenvalue weighted by atomic mass is 79.9. The Morgan fingerprint density at radius 1 is 1.36 bits per heavy atom. The minimum absolute atomic E-state index is 0.0322. The fourth-order valence-electron chi connectivity index (χ4n) is 1.28. The van der Waals surface area contributed by atoms with Gasteiger partial charge in [0, 0.05) is 5.56 Å². The van der Waals surface area contributed by atoms with Crippen molar-refractivity contribution < 1.29 is 4.79 Å². The molecule has 0 aromatic heterocycles. The first kappa shape index (κ1) is 11.4. The van der Waals surface area contributed by atoms with Crippen LogP contribution in [0.5, 0.6) is 0 Å². The van der Waals surface area contributed by atoms with E-state index in [0.29, 0.717) is 0 Å². The van der Waals surface area contributed by atoms with E-state index in [1.54, 1.807) is 0 Å². The Hall–Kier alpha value is -0.630. The predicted octanol–water partition coefficient (Wildman–Crippen LogP) is 3.74. The molecule has 2 heteroatoms. The number of benzene rings is 1. The van der Waals surface area contributed by atoms with E-state index >= 15 is 0 Å². The molecule has 0 radical (unpaired) electrons. The van der Waals surface area contributed by atoms with E-state index in [-0.39, 0.29) is 10.6 Å². The summed E-state index contributed by atoms with van der Waals surface area (Å²) in [7, 11) is 0. The van der Waals surface area contributed by atoms with Gasteiger partial charge in [-0.1, -0.05) is 59.1 Å². The third-order valence-corrected chi connectivity index (χ3v) is 3.04. The van der Waals surface area contributed by atoms with Gasteiger partial charge in [0.05, 0.1) is 4.83 Å². The second kappa shape index (κ2) is 5.30. The SMILES string of the molecule is CCCC(Br)C(=O)c1ccc(C)cc1. The summed E-state index contributed by atoms with van der Waals surface area (Å²) >= 11 is 3.41. The van der Waals surface area contributed by atoms with Crippen LogP contribution in [-0.2, 0) is 0 Å². The van der Waals surface area contributed by atoms with Crippen molar-refractivity contribution in [2.75, 3.05) is 0 Å². The minimum atomic E-state index is -0.0322. The average Bonchev–Trinajstić information content (AvgIpc) is 2.18. The second-order valence-corrected chi connectivity index (χ2v) is 4.59. The first-order valence-electron chi connectivity index (χ1n) is 4.90. The maximum absolute atomic E-state index is 11.8. The first-order valence-corrected chi connectivity index (χ1v) is 5.81. The number of Topliss-reactive ketones (excluding diaryl/α,β-unsaturated/α-hetero) is 1. The van der Waals surface area contributed by atoms with E-state index in [0.717, 1.165) is 18.4 Å². The second-order valence-electron chi connectivity index (χ2n) is 3.49. The lowest BCUT2D eigenvalue weighted by molar-refractivity contribution is 0.0988. The molecule has 0 bridgehead atoms. The van der Waals surface area contributed by atoms with Crippen LogP contribution in [0, 0.1) is 6.92 Å². The van der Waals surface area contributed by atoms with Crippen LogP contribution >= 0.6 is 15.9 Å². The lowest BCUT2D eigenvalue weighted by atomic mass is 10.0. The quantitative estimate of drug-likeness (QED) is 0.591. The first-order chi connectivity index (χ1) is 6.65. The van der Waals surface area contributed by atoms with Crippen molar-refractivity contribution in [1.29, 1.82) is 0 Å². The molecule has 1 nitrogen and oxygen atoms in total. The van der Waals surface area contributed by atoms with Crippen LogP contribution in [0.2, 0.25) is 0 Å². The van der Waals surface area contributed by atoms with Crippen molar-refractivity contribution in [2.45, 2.75) is 31.5 Å². The highest BCUT2D eigenvalue weighted by molar-refractivity contribution is 9.10. The van der Waals surface area contributed by atoms with Crippen molar-refractivity contribution in [1.82, 2.24) is 0 Å². The predicted molar refractivity (Wildman–Crippen MR) is 63.1 cm³/mol. The molecular formula is C12H15BrO. The zero-order chi connectivity index (χ0) is 10.6. The number of alkyl halides is 1. The summed E-state index contributed by atoms with van der Waals surface area (Å²) < 4.78 is 0. The van der Waals surface area contributed by atoms with Crippen LogP contribution in [0.15, 0.2) is 24.3 Å². The third-order valence-electron chi connectivity index (χ3n) is 2.16. The maximum Gasteiger partial charge on any atom is 0.176 e. The van der Waals surface area contributed by atoms with Gasteiger partial charge in [-0.05, 0) is 13.3 Å². The smallest absolute Gasteiger partial charge is 0.176 e. The standard InChI is InChI=1S/C12H15BrO/c1-3-4-11(13)12(14)10-7-5-9(2)6-8-10/h5-8,11H,3-4H2,1-2H3. The third kappa shape index (κ3) is 2.95. The zero-order valence-corrected chi connectivity index (χ0v) is 10.2. The number of carbonyl (C=O) groups is 1. The van der Waals surface area contributed by atoms with E-state index in [9.17, 15) is 4.79 Å². The van der Waals surface area contributed by atoms with Gasteiger partial charge >= 0.3 is 0 Å². The molecule has 0 spiro atoms. The molecular weight excluding hydrogens is 240 g/mol. The lowest BCUT2D eigenvalue weighted by Crippen LogP contribution is -2.13. The Kier molecular flexibility index (Phi) is 4.33. The molecule has 1 unspecified atom stereocenters. The van der Waals surface area contributed by atoms with E-state index in [1.165, 1.54) is 5.56 Å². The molecule has 0 aliphatic rings. The fraction of sp³-hybridized carbons (Fsp3) is 0.417. The van der Waals surface area contributed by atoms with Crippen LogP contribution in [-0.4, -0.2) is 10.6 Å². The molecule has 0 N–H and O–H groups in total. The van der Waals surface area contributed by atoms with Crippen LogP contribution in [0.25, 0.3) is 0 Å². The largest absolute Gasteiger partial charge is 0.293 e. The zero-order valence-electron chi connectivity index (χ0n) is 8.59. The van der Waals surface area contributed by atoms with Crippen LogP contribution in [0.1, 0.15) is 35.7 Å². The molecule has 76 valence electrons. The summed E-state index contributed by atoms with van der Waals surface area (Å²) in [5.41, 5.74) is 1.98. The summed E-state index contributed by atoms with van der Waals surface area (Å²) in [4.78, 5) is 11.8. The number of rotatable bonds is 4. The Balaban J connectivity index is 2.74. The molecule has 0 aliphatic heterocycles. The van der Waals surface area contributed by atoms with Crippen molar-refractivity contribution in [2.24, 2.45) is 0 Å². The van der Waals surface area contributed by atoms with Gasteiger partial charge in [0.25, 0.3) is 0 Å². The van der Waals surface area contributed by atoms with E-state index in [1.807, 2.05) is 31.2 Å². The Labute approximate surface area is 93.7 Å². The van der Waals surface area contributed by atoms with E-state index in [4.69, 9.17) is 0 Å². The van der Waals surface area contributed by atoms with E-state index < -0.39 is 0 Å². The van der Waals surface area contributed by atoms with Gasteiger partial charge in [0.1, 0.15) is 0 Å². The van der Waals surface area contributed by atoms with Crippen molar-refractivity contribution in [3.63, 3.8) is 0 Å². The highest BCUT2D eigenvalue weighted by Gasteiger charge is 2.15. The Bertz CT molecular complexity index is 303. The number of aryl methyl sites for hydroxylation is 1. The van der Waals surface area contributed by atoms with Crippen LogP contribution in [0.3, 0.4) is 0 Å². The molecule has 1 rings (SSSR count). The minimum Gasteiger partial charge on any atom is -0.293 e. The van der Waals surface area contributed by atoms with Gasteiger partial charge in [-0.25, -0.2) is 0 Å². The molecule has 0 heterocycles. The fourth-order valence-corrected chi connectivity index (χ4v) is 2.01. The maximum atomic E-state index is 11.8. The molecule has 0 saturated carbocycles. The number of hydrogen-bond acceptors (Lipinski definition) is 1. The molecule has 1 aromatic carbocycles. The molecule has 0 fully saturated rings. The molecule has 1 aromatic rings. The summed E-state index contributed by atoms with van der Waals surface area (Å²) in [5, 5.41) is 0. The van der Waals surface area contributed by atoms with Crippen LogP contribution in [0.4, 0.5) is 0 Å². The number of halogens is 1. The highest BCUT2D eigenvalue weighted by Crippen LogP contribution is 2.15. The van der Waals surface area contributed by atoms with Crippen molar-refractivity contribution in [3.05, 3.63) is 35.4 Å². The summed E-state index contributed by atoms with van der Waals surface area (Å²) in [6.07, 6.45) is 1.92. The normalized spacial score (nSPS) is 12.5. The van der Waals surface area contributed by atoms with Gasteiger partial charge in [-0.3, -0.25) is 4.79 Å². The van der Waals surface area contributed by atoms with Gasteiger partial charge in [-0.2, -0.15) is 0 Å². The number of carbonyl (C=O) groups excluding carboxylic acids is 1. The van der Waals surface area contributed by atoms with E-state index in [2.05, 4.69) is 22.9 Å². The average molecular weight is 255 g/mol. The summed E-state index contributed by atoms with van der Waals surface area (Å²) in [6, 6.07) is 7.72. The monoisotopic (exact) mass is 254 g/mol. The molecule has 0 saturated heterocycles. The molecule has 14 heavy (non-hydrogen) atoms. The van der Waals surface area contributed by atoms with Gasteiger partial charge < -0.3 is 0 Å². The summed E-state index contributed by atoms with van der Waals surface area (Å²) in [5.74, 6) is 0.187. The molecule has 0 aliphatic carbocycles. The van der Waals surface area contributed by atoms with Gasteiger partial charge in [-0.15, -0.1) is 0 Å². The molecule has 0 amide bonds. The van der Waals surface area contributed by atoms with Crippen molar-refractivity contribution in [3.8, 4) is 0 Å². The number of ketones is 1. The molecule has 1 atom stereocenters. The topological polar surface area (TPSA) is 17.1 Å². The van der Waals surface area contributed by atoms with Crippen LogP contribution < -0.4 is 0 Å². The lowest BCUT2D eigenvalue weighted by Gasteiger charge is -2.07. The summed E-state index contributed by atoms with van der Waals surface area (Å²) in [6.45, 7) is 4.10. The van der Waals surface area contributed by atoms with Gasteiger partial charge in [0.15, 0.2) is 5.78 Å². The Morgan fingerprint density at radius 3 is 2.43 bits per heavy atom. The van der Waals surface area contributed by atoms with Gasteiger partial charge in [0.2, 0.25) is 0 Å².